The van der Waals surface area contributed by atoms with Crippen molar-refractivity contribution in [1.29, 1.82) is 0 Å². The van der Waals surface area contributed by atoms with Gasteiger partial charge in [0.25, 0.3) is 0 Å². The van der Waals surface area contributed by atoms with Crippen molar-refractivity contribution in [2.75, 3.05) is 35.7 Å². The van der Waals surface area contributed by atoms with E-state index >= 15 is 0 Å². The second-order valence-electron chi connectivity index (χ2n) is 6.43. The number of anilines is 3. The van der Waals surface area contributed by atoms with E-state index in [4.69, 9.17) is 0 Å². The summed E-state index contributed by atoms with van der Waals surface area (Å²) < 4.78 is 0. The quantitative estimate of drug-likeness (QED) is 0.830. The van der Waals surface area contributed by atoms with E-state index in [9.17, 15) is 0 Å². The minimum absolute atomic E-state index is 0.339. The summed E-state index contributed by atoms with van der Waals surface area (Å²) in [6.45, 7) is 11.4. The maximum atomic E-state index is 4.50. The molecule has 0 saturated carbocycles. The number of hydrogen-bond acceptors (Lipinski definition) is 6. The molecule has 6 heteroatoms. The minimum atomic E-state index is 0.339. The van der Waals surface area contributed by atoms with Crippen LogP contribution in [0.1, 0.15) is 30.1 Å². The number of aromatic nitrogens is 3. The summed E-state index contributed by atoms with van der Waals surface area (Å²) in [5.74, 6) is 2.08. The van der Waals surface area contributed by atoms with Crippen molar-refractivity contribution in [3.63, 3.8) is 0 Å². The first kappa shape index (κ1) is 17.9. The lowest BCUT2D eigenvalue weighted by molar-refractivity contribution is 0.521. The Morgan fingerprint density at radius 3 is 2.77 bits per heavy atom. The average molecular weight is 350 g/mol. The Morgan fingerprint density at radius 2 is 2.04 bits per heavy atom. The van der Waals surface area contributed by atoms with Crippen LogP contribution in [0.5, 0.6) is 0 Å². The Kier molecular flexibility index (Phi) is 5.51. The Hall–Kier alpha value is -2.89. The molecule has 0 bridgehead atoms. The lowest BCUT2D eigenvalue weighted by Crippen LogP contribution is -2.43. The first-order chi connectivity index (χ1) is 12.6. The van der Waals surface area contributed by atoms with Gasteiger partial charge in [0.15, 0.2) is 5.82 Å². The molecule has 26 heavy (non-hydrogen) atoms. The normalized spacial score (nSPS) is 16.8. The van der Waals surface area contributed by atoms with Crippen molar-refractivity contribution in [3.05, 3.63) is 48.6 Å². The van der Waals surface area contributed by atoms with Crippen LogP contribution < -0.4 is 15.5 Å². The number of rotatable bonds is 6. The molecule has 0 spiro atoms. The number of hydrogen-bond donors (Lipinski definition) is 2. The number of benzene rings is 1. The smallest absolute Gasteiger partial charge is 0.229 e. The van der Waals surface area contributed by atoms with Gasteiger partial charge in [-0.2, -0.15) is 9.97 Å². The highest BCUT2D eigenvalue weighted by Crippen LogP contribution is 2.24. The summed E-state index contributed by atoms with van der Waals surface area (Å²) >= 11 is 0. The Morgan fingerprint density at radius 1 is 1.19 bits per heavy atom. The fourth-order valence-corrected chi connectivity index (χ4v) is 3.28. The van der Waals surface area contributed by atoms with Gasteiger partial charge in [-0.1, -0.05) is 19.2 Å². The second-order valence-corrected chi connectivity index (χ2v) is 6.43. The van der Waals surface area contributed by atoms with Gasteiger partial charge in [0.05, 0.1) is 0 Å². The van der Waals surface area contributed by atoms with Crippen LogP contribution in [-0.4, -0.2) is 41.1 Å². The lowest BCUT2D eigenvalue weighted by atomic mass is 10.0. The van der Waals surface area contributed by atoms with E-state index in [1.807, 2.05) is 20.0 Å². The molecular weight excluding hydrogens is 324 g/mol. The molecule has 3 rings (SSSR count). The molecule has 1 saturated heterocycles. The molecule has 1 atom stereocenters. The Labute approximate surface area is 155 Å². The monoisotopic (exact) mass is 350 g/mol. The first-order valence-electron chi connectivity index (χ1n) is 8.93. The molecule has 2 heterocycles. The third-order valence-corrected chi connectivity index (χ3v) is 4.55. The van der Waals surface area contributed by atoms with Crippen molar-refractivity contribution in [3.8, 4) is 0 Å². The van der Waals surface area contributed by atoms with Gasteiger partial charge in [-0.05, 0) is 49.6 Å². The molecule has 1 fully saturated rings. The van der Waals surface area contributed by atoms with Crippen molar-refractivity contribution >= 4 is 29.5 Å². The summed E-state index contributed by atoms with van der Waals surface area (Å²) in [6, 6.07) is 6.64. The van der Waals surface area contributed by atoms with Crippen LogP contribution >= 0.6 is 0 Å². The summed E-state index contributed by atoms with van der Waals surface area (Å²) in [4.78, 5) is 15.5. The zero-order chi connectivity index (χ0) is 18.5. The number of nitrogens with one attached hydrogen (secondary N) is 2. The Balaban J connectivity index is 1.74. The minimum Gasteiger partial charge on any atom is -0.388 e. The summed E-state index contributed by atoms with van der Waals surface area (Å²) in [5.41, 5.74) is 3.27. The Bertz CT molecular complexity index is 801. The van der Waals surface area contributed by atoms with E-state index in [0.29, 0.717) is 11.9 Å². The molecular formula is C20H26N6. The van der Waals surface area contributed by atoms with Gasteiger partial charge < -0.3 is 15.5 Å². The van der Waals surface area contributed by atoms with Crippen LogP contribution in [0.25, 0.3) is 12.2 Å². The molecule has 2 N–H and O–H groups in total. The zero-order valence-corrected chi connectivity index (χ0v) is 15.5. The lowest BCUT2D eigenvalue weighted by Gasteiger charge is -2.34. The topological polar surface area (TPSA) is 66.0 Å². The maximum Gasteiger partial charge on any atom is 0.229 e. The fourth-order valence-electron chi connectivity index (χ4n) is 3.28. The molecule has 1 aliphatic rings. The predicted octanol–water partition coefficient (Wildman–Crippen LogP) is 3.59. The third-order valence-electron chi connectivity index (χ3n) is 4.55. The van der Waals surface area contributed by atoms with E-state index in [1.165, 1.54) is 0 Å². The molecule has 136 valence electrons. The summed E-state index contributed by atoms with van der Waals surface area (Å²) in [5, 5.41) is 6.83. The molecule has 1 aromatic carbocycles. The van der Waals surface area contributed by atoms with Crippen molar-refractivity contribution < 1.29 is 0 Å². The predicted molar refractivity (Wildman–Crippen MR) is 110 cm³/mol. The van der Waals surface area contributed by atoms with Crippen LogP contribution in [-0.2, 0) is 0 Å². The molecule has 0 amide bonds. The van der Waals surface area contributed by atoms with Crippen LogP contribution in [0.4, 0.5) is 17.3 Å². The number of nitrogens with zero attached hydrogens (tertiary/aromatic N) is 4. The number of piperidine rings is 1. The average Bonchev–Trinajstić information content (AvgIpc) is 2.67. The van der Waals surface area contributed by atoms with Gasteiger partial charge in [0, 0.05) is 37.6 Å². The van der Waals surface area contributed by atoms with E-state index < -0.39 is 0 Å². The van der Waals surface area contributed by atoms with Crippen LogP contribution in [0.3, 0.4) is 0 Å². The summed E-state index contributed by atoms with van der Waals surface area (Å²) in [6.07, 6.45) is 5.74. The molecule has 6 nitrogen and oxygen atoms in total. The van der Waals surface area contributed by atoms with Gasteiger partial charge in [-0.25, -0.2) is 4.98 Å². The van der Waals surface area contributed by atoms with Gasteiger partial charge in [0.1, 0.15) is 5.82 Å². The zero-order valence-electron chi connectivity index (χ0n) is 15.5. The van der Waals surface area contributed by atoms with Crippen LogP contribution in [0.2, 0.25) is 0 Å². The van der Waals surface area contributed by atoms with E-state index in [-0.39, 0.29) is 0 Å². The van der Waals surface area contributed by atoms with Crippen LogP contribution in [0.15, 0.2) is 31.4 Å². The number of aryl methyl sites for hydroxylation is 1. The van der Waals surface area contributed by atoms with Gasteiger partial charge in [-0.15, -0.1) is 0 Å². The highest BCUT2D eigenvalue weighted by Gasteiger charge is 2.22. The van der Waals surface area contributed by atoms with Gasteiger partial charge in [0.2, 0.25) is 5.95 Å². The maximum absolute atomic E-state index is 4.50. The highest BCUT2D eigenvalue weighted by atomic mass is 15.3. The molecule has 2 aromatic rings. The molecule has 1 unspecified atom stereocenters. The molecule has 0 aliphatic carbocycles. The fraction of sp³-hybridized carbons (Fsp3) is 0.350. The SMILES string of the molecule is C=Cc1nc(C)nc(N2CCCC(Nc3ccc(NC)c(C=C)c3)C2)n1. The van der Waals surface area contributed by atoms with Crippen molar-refractivity contribution in [2.45, 2.75) is 25.8 Å². The first-order valence-corrected chi connectivity index (χ1v) is 8.93. The highest BCUT2D eigenvalue weighted by molar-refractivity contribution is 5.70. The molecule has 0 radical (unpaired) electrons. The van der Waals surface area contributed by atoms with E-state index in [1.54, 1.807) is 6.08 Å². The molecule has 1 aromatic heterocycles. The largest absolute Gasteiger partial charge is 0.388 e. The van der Waals surface area contributed by atoms with Gasteiger partial charge >= 0.3 is 0 Å². The third kappa shape index (κ3) is 4.02. The summed E-state index contributed by atoms with van der Waals surface area (Å²) in [7, 11) is 1.92. The van der Waals surface area contributed by atoms with Gasteiger partial charge in [-0.3, -0.25) is 0 Å². The second kappa shape index (κ2) is 7.99. The van der Waals surface area contributed by atoms with Crippen molar-refractivity contribution in [1.82, 2.24) is 15.0 Å². The van der Waals surface area contributed by atoms with Crippen LogP contribution in [0, 0.1) is 6.92 Å². The van der Waals surface area contributed by atoms with E-state index in [0.717, 1.165) is 54.6 Å². The van der Waals surface area contributed by atoms with Crippen molar-refractivity contribution in [2.24, 2.45) is 0 Å². The van der Waals surface area contributed by atoms with E-state index in [2.05, 4.69) is 61.8 Å². The standard InChI is InChI=1S/C20H26N6/c1-5-15-12-16(9-10-18(15)21-4)24-17-8-7-11-26(13-17)20-23-14(3)22-19(6-2)25-20/h5-6,9-10,12,17,21,24H,1-2,7-8,11,13H2,3-4H3. The molecule has 1 aliphatic heterocycles.